The standard InChI is InChI=1S/C44H55F3N8O7/c1-4-5-6-7-8-9-28-10-13-31(34(23-28)44(45,46)47)41(58)52-26-38(56)55(3)39-30-12-15-37(62-21-18-50)33(25-30)32-22-29(11-14-36(32)61-20-17-49)24-35(42(59)51-19-16-48)54-40(57)27(2)53-43(39)60/h10-15,22-23,25,27,35,39H,4-9,17-21,24,26,49-50H2,1-3H3,(H,51,59)(H,52,58)(H,53,60)(H,54,57)/t27-,35?,39?/m0/s1. The molecule has 0 aromatic heterocycles. The van der Waals surface area contributed by atoms with Gasteiger partial charge in [0.2, 0.25) is 23.6 Å². The molecule has 4 bridgehead atoms. The van der Waals surface area contributed by atoms with Gasteiger partial charge in [-0.2, -0.15) is 18.4 Å². The van der Waals surface area contributed by atoms with Gasteiger partial charge in [-0.1, -0.05) is 50.8 Å². The Kier molecular flexibility index (Phi) is 18.1. The molecule has 1 aliphatic rings. The van der Waals surface area contributed by atoms with E-state index >= 15 is 0 Å². The minimum atomic E-state index is -4.86. The molecule has 15 nitrogen and oxygen atoms in total. The van der Waals surface area contributed by atoms with Crippen LogP contribution in [0.5, 0.6) is 11.5 Å². The van der Waals surface area contributed by atoms with Crippen molar-refractivity contribution in [2.45, 2.75) is 83.1 Å². The number of amides is 5. The van der Waals surface area contributed by atoms with Crippen LogP contribution in [0.3, 0.4) is 0 Å². The molecule has 334 valence electrons. The molecule has 1 heterocycles. The number of unbranched alkanes of at least 4 members (excludes halogenated alkanes) is 4. The van der Waals surface area contributed by atoms with Crippen LogP contribution in [0.1, 0.15) is 84.6 Å². The van der Waals surface area contributed by atoms with E-state index in [9.17, 15) is 37.1 Å². The van der Waals surface area contributed by atoms with Gasteiger partial charge in [0.25, 0.3) is 5.91 Å². The first-order chi connectivity index (χ1) is 29.6. The number of nitriles is 1. The Hall–Kier alpha value is -6.19. The Bertz CT molecular complexity index is 2110. The molecule has 0 fully saturated rings. The Morgan fingerprint density at radius 2 is 1.55 bits per heavy atom. The second-order valence-electron chi connectivity index (χ2n) is 14.9. The molecule has 3 aromatic carbocycles. The van der Waals surface area contributed by atoms with Crippen molar-refractivity contribution in [3.05, 3.63) is 82.4 Å². The van der Waals surface area contributed by atoms with Gasteiger partial charge in [-0.3, -0.25) is 24.0 Å². The number of nitrogens with two attached hydrogens (primary N) is 2. The number of halogens is 3. The highest BCUT2D eigenvalue weighted by Crippen LogP contribution is 2.40. The summed E-state index contributed by atoms with van der Waals surface area (Å²) in [5, 5.41) is 19.1. The van der Waals surface area contributed by atoms with Crippen molar-refractivity contribution in [3.8, 4) is 28.7 Å². The van der Waals surface area contributed by atoms with Gasteiger partial charge >= 0.3 is 6.18 Å². The maximum Gasteiger partial charge on any atom is 0.417 e. The number of nitrogens with one attached hydrogen (secondary N) is 4. The summed E-state index contributed by atoms with van der Waals surface area (Å²) in [6.45, 7) is 2.82. The van der Waals surface area contributed by atoms with Crippen LogP contribution in [0.15, 0.2) is 54.6 Å². The lowest BCUT2D eigenvalue weighted by molar-refractivity contribution is -0.139. The van der Waals surface area contributed by atoms with Crippen molar-refractivity contribution < 1.29 is 46.6 Å². The van der Waals surface area contributed by atoms with Crippen molar-refractivity contribution in [3.63, 3.8) is 0 Å². The summed E-state index contributed by atoms with van der Waals surface area (Å²) in [6, 6.07) is 11.1. The molecule has 0 aliphatic carbocycles. The molecule has 0 spiro atoms. The second kappa shape index (κ2) is 23.1. The zero-order valence-corrected chi connectivity index (χ0v) is 35.2. The number of aryl methyl sites for hydroxylation is 1. The highest BCUT2D eigenvalue weighted by atomic mass is 19.4. The number of alkyl halides is 3. The number of nitrogens with zero attached hydrogens (tertiary/aromatic N) is 2. The van der Waals surface area contributed by atoms with Crippen LogP contribution in [0.2, 0.25) is 0 Å². The smallest absolute Gasteiger partial charge is 0.417 e. The zero-order chi connectivity index (χ0) is 45.4. The largest absolute Gasteiger partial charge is 0.492 e. The van der Waals surface area contributed by atoms with Gasteiger partial charge < -0.3 is 47.1 Å². The van der Waals surface area contributed by atoms with Crippen molar-refractivity contribution in [2.24, 2.45) is 11.5 Å². The van der Waals surface area contributed by atoms with Gasteiger partial charge in [-0.25, -0.2) is 0 Å². The number of carbonyl (C=O) groups excluding carboxylic acids is 5. The molecular formula is C44H55F3N8O7. The lowest BCUT2D eigenvalue weighted by Crippen LogP contribution is -2.55. The van der Waals surface area contributed by atoms with Gasteiger partial charge in [0.05, 0.1) is 23.7 Å². The van der Waals surface area contributed by atoms with E-state index in [0.29, 0.717) is 46.6 Å². The summed E-state index contributed by atoms with van der Waals surface area (Å²) in [5.74, 6) is -3.61. The predicted molar refractivity (Wildman–Crippen MR) is 225 cm³/mol. The molecule has 3 atom stereocenters. The van der Waals surface area contributed by atoms with Gasteiger partial charge in [0, 0.05) is 37.7 Å². The fourth-order valence-corrected chi connectivity index (χ4v) is 6.96. The SMILES string of the molecule is CCCCCCCc1ccc(C(=O)NCC(=O)N(C)C2C(=O)N[C@@H](C)C(=O)NC(C(=O)NCC#N)Cc3ccc(OCCN)c(c3)-c3cc2ccc3OCCN)c(C(F)(F)F)c1. The van der Waals surface area contributed by atoms with Crippen molar-refractivity contribution in [1.29, 1.82) is 5.26 Å². The Labute approximate surface area is 359 Å². The average molecular weight is 865 g/mol. The van der Waals surface area contributed by atoms with E-state index in [0.717, 1.165) is 42.7 Å². The number of fused-ring (bicyclic) bond motifs is 5. The molecule has 62 heavy (non-hydrogen) atoms. The summed E-state index contributed by atoms with van der Waals surface area (Å²) < 4.78 is 54.8. The van der Waals surface area contributed by atoms with Gasteiger partial charge in [0.15, 0.2) is 0 Å². The minimum absolute atomic E-state index is 0.0359. The number of ether oxygens (including phenoxy) is 2. The van der Waals surface area contributed by atoms with Crippen molar-refractivity contribution in [1.82, 2.24) is 26.2 Å². The molecule has 0 saturated heterocycles. The monoisotopic (exact) mass is 864 g/mol. The Morgan fingerprint density at radius 1 is 0.887 bits per heavy atom. The number of benzene rings is 3. The van der Waals surface area contributed by atoms with E-state index in [1.54, 1.807) is 30.3 Å². The third-order valence-electron chi connectivity index (χ3n) is 10.2. The Balaban J connectivity index is 1.74. The van der Waals surface area contributed by atoms with Crippen molar-refractivity contribution >= 4 is 29.5 Å². The third kappa shape index (κ3) is 13.2. The Morgan fingerprint density at radius 3 is 2.19 bits per heavy atom. The van der Waals surface area contributed by atoms with Gasteiger partial charge in [-0.05, 0) is 72.9 Å². The summed E-state index contributed by atoms with van der Waals surface area (Å²) >= 11 is 0. The summed E-state index contributed by atoms with van der Waals surface area (Å²) in [5.41, 5.74) is 11.8. The zero-order valence-electron chi connectivity index (χ0n) is 35.2. The quantitative estimate of drug-likeness (QED) is 0.0803. The maximum absolute atomic E-state index is 14.3. The second-order valence-corrected chi connectivity index (χ2v) is 14.9. The van der Waals surface area contributed by atoms with E-state index in [1.807, 2.05) is 6.07 Å². The molecule has 8 N–H and O–H groups in total. The van der Waals surface area contributed by atoms with Gasteiger partial charge in [-0.15, -0.1) is 0 Å². The number of rotatable bonds is 18. The van der Waals surface area contributed by atoms with Gasteiger partial charge in [0.1, 0.15) is 49.4 Å². The summed E-state index contributed by atoms with van der Waals surface area (Å²) in [7, 11) is 1.27. The van der Waals surface area contributed by atoms with Crippen LogP contribution >= 0.6 is 0 Å². The molecule has 18 heteroatoms. The lowest BCUT2D eigenvalue weighted by Gasteiger charge is -2.30. The fourth-order valence-electron chi connectivity index (χ4n) is 6.96. The number of hydrogen-bond donors (Lipinski definition) is 6. The number of likely N-dealkylation sites (N-methyl/N-ethyl adjacent to an activating group) is 1. The molecular weight excluding hydrogens is 810 g/mol. The fraction of sp³-hybridized carbons (Fsp3) is 0.455. The lowest BCUT2D eigenvalue weighted by atomic mass is 9.93. The maximum atomic E-state index is 14.3. The topological polar surface area (TPSA) is 231 Å². The minimum Gasteiger partial charge on any atom is -0.492 e. The highest BCUT2D eigenvalue weighted by Gasteiger charge is 2.37. The highest BCUT2D eigenvalue weighted by molar-refractivity contribution is 5.99. The van der Waals surface area contributed by atoms with Crippen LogP contribution in [-0.4, -0.2) is 93.0 Å². The molecule has 1 aliphatic heterocycles. The van der Waals surface area contributed by atoms with E-state index in [-0.39, 0.29) is 44.8 Å². The van der Waals surface area contributed by atoms with E-state index < -0.39 is 71.5 Å². The van der Waals surface area contributed by atoms with Crippen LogP contribution in [0, 0.1) is 11.3 Å². The first-order valence-electron chi connectivity index (χ1n) is 20.6. The average Bonchev–Trinajstić information content (AvgIpc) is 3.25. The van der Waals surface area contributed by atoms with Crippen LogP contribution in [-0.2, 0) is 38.2 Å². The van der Waals surface area contributed by atoms with Crippen LogP contribution in [0.25, 0.3) is 11.1 Å². The molecule has 2 unspecified atom stereocenters. The molecule has 4 rings (SSSR count). The molecule has 3 aromatic rings. The molecule has 0 saturated carbocycles. The summed E-state index contributed by atoms with van der Waals surface area (Å²) in [6.07, 6.45) is 0.125. The van der Waals surface area contributed by atoms with E-state index in [4.69, 9.17) is 26.2 Å². The first kappa shape index (κ1) is 48.5. The molecule has 0 radical (unpaired) electrons. The van der Waals surface area contributed by atoms with Crippen molar-refractivity contribution in [2.75, 3.05) is 46.4 Å². The van der Waals surface area contributed by atoms with E-state index in [2.05, 4.69) is 28.2 Å². The summed E-state index contributed by atoms with van der Waals surface area (Å²) in [4.78, 5) is 69.2. The first-order valence-corrected chi connectivity index (χ1v) is 20.6. The predicted octanol–water partition coefficient (Wildman–Crippen LogP) is 3.68. The third-order valence-corrected chi connectivity index (χ3v) is 10.2. The van der Waals surface area contributed by atoms with Crippen LogP contribution < -0.4 is 42.2 Å². The van der Waals surface area contributed by atoms with Crippen LogP contribution in [0.4, 0.5) is 13.2 Å². The number of hydrogen-bond acceptors (Lipinski definition) is 10. The number of carbonyl (C=O) groups is 5. The molecule has 5 amide bonds. The van der Waals surface area contributed by atoms with E-state index in [1.165, 1.54) is 26.1 Å². The normalized spacial score (nSPS) is 16.5.